The molecule has 0 heterocycles. The maximum atomic E-state index is 7.06. The molecule has 0 atom stereocenters. The van der Waals surface area contributed by atoms with Gasteiger partial charge in [-0.1, -0.05) is 30.3 Å². The molecular formula is C9H10NS-. The molecule has 2 heteroatoms. The number of rotatable bonds is 3. The topological polar surface area (TPSA) is 23.9 Å². The Kier molecular flexibility index (Phi) is 3.05. The largest absolute Gasteiger partial charge is 0.765 e. The smallest absolute Gasteiger partial charge is 0.0244 e. The van der Waals surface area contributed by atoms with E-state index in [4.69, 9.17) is 5.41 Å². The highest BCUT2D eigenvalue weighted by Gasteiger charge is 1.88. The molecule has 0 aliphatic heterocycles. The van der Waals surface area contributed by atoms with Gasteiger partial charge in [0.1, 0.15) is 0 Å². The molecule has 0 aliphatic rings. The van der Waals surface area contributed by atoms with Gasteiger partial charge in [0.2, 0.25) is 0 Å². The van der Waals surface area contributed by atoms with Crippen molar-refractivity contribution in [2.24, 2.45) is 0 Å². The van der Waals surface area contributed by atoms with Gasteiger partial charge in [-0.15, -0.1) is 5.04 Å². The lowest BCUT2D eigenvalue weighted by atomic mass is 10.1. The van der Waals surface area contributed by atoms with Crippen molar-refractivity contribution in [3.63, 3.8) is 0 Å². The molecule has 0 amide bonds. The highest BCUT2D eigenvalue weighted by molar-refractivity contribution is 7.77. The maximum Gasteiger partial charge on any atom is -0.0244 e. The van der Waals surface area contributed by atoms with E-state index in [-0.39, 0.29) is 0 Å². The number of nitrogens with one attached hydrogen (secondary N) is 1. The van der Waals surface area contributed by atoms with Crippen molar-refractivity contribution in [3.8, 4) is 0 Å². The molecule has 1 aromatic carbocycles. The Morgan fingerprint density at radius 3 is 2.45 bits per heavy atom. The lowest BCUT2D eigenvalue weighted by Crippen LogP contribution is -1.93. The second-order valence-corrected chi connectivity index (χ2v) is 2.90. The van der Waals surface area contributed by atoms with Crippen LogP contribution >= 0.6 is 0 Å². The van der Waals surface area contributed by atoms with E-state index in [0.717, 1.165) is 6.42 Å². The normalized spacial score (nSPS) is 9.45. The van der Waals surface area contributed by atoms with Crippen LogP contribution < -0.4 is 0 Å². The third-order valence-corrected chi connectivity index (χ3v) is 1.69. The Balaban J connectivity index is 2.45. The minimum Gasteiger partial charge on any atom is -0.765 e. The Labute approximate surface area is 72.4 Å². The first-order valence-electron chi connectivity index (χ1n) is 3.57. The molecule has 0 saturated carbocycles. The van der Waals surface area contributed by atoms with Crippen LogP contribution in [-0.4, -0.2) is 5.04 Å². The van der Waals surface area contributed by atoms with Crippen LogP contribution in [0.5, 0.6) is 0 Å². The molecule has 0 bridgehead atoms. The number of benzene rings is 1. The van der Waals surface area contributed by atoms with E-state index in [1.54, 1.807) is 0 Å². The molecule has 1 aromatic rings. The zero-order chi connectivity index (χ0) is 8.10. The van der Waals surface area contributed by atoms with Gasteiger partial charge < -0.3 is 18.0 Å². The molecule has 0 spiro atoms. The Morgan fingerprint density at radius 1 is 1.27 bits per heavy atom. The van der Waals surface area contributed by atoms with Gasteiger partial charge in [0, 0.05) is 0 Å². The molecule has 0 fully saturated rings. The number of aryl methyl sites for hydroxylation is 1. The molecule has 0 aliphatic carbocycles. The number of hydrogen-bond acceptors (Lipinski definition) is 2. The maximum absolute atomic E-state index is 7.06. The average molecular weight is 164 g/mol. The van der Waals surface area contributed by atoms with Gasteiger partial charge >= 0.3 is 0 Å². The van der Waals surface area contributed by atoms with Gasteiger partial charge in [0.05, 0.1) is 0 Å². The van der Waals surface area contributed by atoms with E-state index in [2.05, 4.69) is 24.8 Å². The lowest BCUT2D eigenvalue weighted by Gasteiger charge is -2.05. The summed E-state index contributed by atoms with van der Waals surface area (Å²) in [6, 6.07) is 10.1. The van der Waals surface area contributed by atoms with Gasteiger partial charge in [0.25, 0.3) is 0 Å². The van der Waals surface area contributed by atoms with Crippen LogP contribution in [0.15, 0.2) is 30.3 Å². The Bertz CT molecular complexity index is 231. The van der Waals surface area contributed by atoms with E-state index in [1.165, 1.54) is 5.56 Å². The van der Waals surface area contributed by atoms with Crippen LogP contribution in [0.1, 0.15) is 12.0 Å². The number of hydrogen-bond donors (Lipinski definition) is 1. The van der Waals surface area contributed by atoms with Crippen LogP contribution in [0.25, 0.3) is 0 Å². The minimum absolute atomic E-state index is 0.342. The highest BCUT2D eigenvalue weighted by atomic mass is 32.1. The summed E-state index contributed by atoms with van der Waals surface area (Å²) in [5, 5.41) is 7.40. The Morgan fingerprint density at radius 2 is 1.91 bits per heavy atom. The zero-order valence-electron chi connectivity index (χ0n) is 6.21. The average Bonchev–Trinajstić information content (AvgIpc) is 2.03. The van der Waals surface area contributed by atoms with E-state index in [0.29, 0.717) is 11.5 Å². The summed E-state index contributed by atoms with van der Waals surface area (Å²) >= 11 is 4.66. The summed E-state index contributed by atoms with van der Waals surface area (Å²) in [5.74, 6) is 0. The van der Waals surface area contributed by atoms with E-state index >= 15 is 0 Å². The molecule has 58 valence electrons. The first kappa shape index (κ1) is 8.21. The zero-order valence-corrected chi connectivity index (χ0v) is 7.03. The van der Waals surface area contributed by atoms with Crippen LogP contribution in [-0.2, 0) is 19.0 Å². The standard InChI is InChI=1S/C9H11NS/c10-9(11)7-6-8-4-2-1-3-5-8/h1-5H,6-7H2,(H2,10,11)/p-1. The summed E-state index contributed by atoms with van der Waals surface area (Å²) in [6.45, 7) is 0. The monoisotopic (exact) mass is 164 g/mol. The third kappa shape index (κ3) is 3.14. The fraction of sp³-hybridized carbons (Fsp3) is 0.222. The van der Waals surface area contributed by atoms with Crippen molar-refractivity contribution in [3.05, 3.63) is 35.9 Å². The first-order valence-corrected chi connectivity index (χ1v) is 3.98. The van der Waals surface area contributed by atoms with Gasteiger partial charge in [-0.2, -0.15) is 0 Å². The fourth-order valence-electron chi connectivity index (χ4n) is 0.903. The van der Waals surface area contributed by atoms with Crippen LogP contribution in [0, 0.1) is 5.41 Å². The van der Waals surface area contributed by atoms with Crippen molar-refractivity contribution in [2.75, 3.05) is 0 Å². The molecular weight excluding hydrogens is 154 g/mol. The van der Waals surface area contributed by atoms with Crippen LogP contribution in [0.4, 0.5) is 0 Å². The van der Waals surface area contributed by atoms with Gasteiger partial charge in [-0.05, 0) is 18.4 Å². The van der Waals surface area contributed by atoms with Gasteiger partial charge in [-0.25, -0.2) is 0 Å². The molecule has 11 heavy (non-hydrogen) atoms. The first-order chi connectivity index (χ1) is 5.29. The SMILES string of the molecule is N=C([S-])CCc1ccccc1. The minimum atomic E-state index is 0.342. The summed E-state index contributed by atoms with van der Waals surface area (Å²) in [5.41, 5.74) is 1.25. The van der Waals surface area contributed by atoms with Crippen molar-refractivity contribution in [1.82, 2.24) is 0 Å². The summed E-state index contributed by atoms with van der Waals surface area (Å²) < 4.78 is 0. The van der Waals surface area contributed by atoms with E-state index < -0.39 is 0 Å². The van der Waals surface area contributed by atoms with Crippen molar-refractivity contribution < 1.29 is 0 Å². The summed E-state index contributed by atoms with van der Waals surface area (Å²) in [7, 11) is 0. The molecule has 1 nitrogen and oxygen atoms in total. The predicted molar refractivity (Wildman–Crippen MR) is 49.9 cm³/mol. The van der Waals surface area contributed by atoms with E-state index in [9.17, 15) is 0 Å². The molecule has 0 saturated heterocycles. The van der Waals surface area contributed by atoms with Crippen molar-refractivity contribution in [1.29, 1.82) is 5.41 Å². The Hall–Kier alpha value is -0.890. The van der Waals surface area contributed by atoms with Crippen LogP contribution in [0.2, 0.25) is 0 Å². The third-order valence-electron chi connectivity index (χ3n) is 1.48. The van der Waals surface area contributed by atoms with Crippen LogP contribution in [0.3, 0.4) is 0 Å². The molecule has 1 N–H and O–H groups in total. The van der Waals surface area contributed by atoms with E-state index in [1.807, 2.05) is 18.2 Å². The lowest BCUT2D eigenvalue weighted by molar-refractivity contribution is 1.04. The summed E-state index contributed by atoms with van der Waals surface area (Å²) in [4.78, 5) is 0. The van der Waals surface area contributed by atoms with Gasteiger partial charge in [0.15, 0.2) is 0 Å². The summed E-state index contributed by atoms with van der Waals surface area (Å²) in [6.07, 6.45) is 1.59. The quantitative estimate of drug-likeness (QED) is 0.413. The molecule has 1 rings (SSSR count). The van der Waals surface area contributed by atoms with Gasteiger partial charge in [-0.3, -0.25) is 0 Å². The highest BCUT2D eigenvalue weighted by Crippen LogP contribution is 2.01. The second-order valence-electron chi connectivity index (χ2n) is 2.41. The van der Waals surface area contributed by atoms with Crippen molar-refractivity contribution in [2.45, 2.75) is 12.8 Å². The fourth-order valence-corrected chi connectivity index (χ4v) is 1.00. The molecule has 0 aromatic heterocycles. The predicted octanol–water partition coefficient (Wildman–Crippen LogP) is 2.14. The molecule has 0 unspecified atom stereocenters. The second kappa shape index (κ2) is 4.09. The molecule has 0 radical (unpaired) electrons. The van der Waals surface area contributed by atoms with Crippen molar-refractivity contribution >= 4 is 17.7 Å².